The fraction of sp³-hybridized carbons (Fsp3) is 0.333. The van der Waals surface area contributed by atoms with Crippen molar-refractivity contribution in [3.05, 3.63) is 72.4 Å². The summed E-state index contributed by atoms with van der Waals surface area (Å²) in [4.78, 5) is 23.8. The molecular formula is C27H31N7O. The Kier molecular flexibility index (Phi) is 5.75. The normalized spacial score (nSPS) is 20.3. The largest absolute Gasteiger partial charge is 0.370 e. The van der Waals surface area contributed by atoms with Gasteiger partial charge in [0.25, 0.3) is 0 Å². The summed E-state index contributed by atoms with van der Waals surface area (Å²) in [5.41, 5.74) is 4.18. The number of aromatic amines is 1. The van der Waals surface area contributed by atoms with Crippen molar-refractivity contribution in [2.45, 2.75) is 24.9 Å². The molecule has 180 valence electrons. The predicted octanol–water partition coefficient (Wildman–Crippen LogP) is 4.72. The first-order valence-electron chi connectivity index (χ1n) is 12.3. The summed E-state index contributed by atoms with van der Waals surface area (Å²) >= 11 is 0. The molecule has 35 heavy (non-hydrogen) atoms. The van der Waals surface area contributed by atoms with E-state index in [-0.39, 0.29) is 6.04 Å². The molecule has 2 saturated heterocycles. The van der Waals surface area contributed by atoms with Crippen LogP contribution in [0.1, 0.15) is 24.4 Å². The van der Waals surface area contributed by atoms with Crippen LogP contribution >= 0.6 is 0 Å². The number of hydroxylamine groups is 1. The Hall–Kier alpha value is -3.62. The average Bonchev–Trinajstić information content (AvgIpc) is 3.65. The average molecular weight is 470 g/mol. The predicted molar refractivity (Wildman–Crippen MR) is 140 cm³/mol. The second-order valence-corrected chi connectivity index (χ2v) is 9.51. The standard InChI is InChI=1S/C27H31N7O/c1-32(2)22-12-15-33(18-22)21-10-6-9-20(17-21)29-27-30-25-23(11-14-28-25)26(31-27)34-24(13-16-35-34)19-7-4-3-5-8-19/h3-11,14,17,22,24H,12-13,15-16,18H2,1-2H3,(H2,28,29,30,31)/t22-,24+/m0/s1. The summed E-state index contributed by atoms with van der Waals surface area (Å²) in [6.07, 6.45) is 3.99. The fourth-order valence-corrected chi connectivity index (χ4v) is 5.11. The molecule has 0 radical (unpaired) electrons. The Morgan fingerprint density at radius 3 is 2.74 bits per heavy atom. The summed E-state index contributed by atoms with van der Waals surface area (Å²) in [6, 6.07) is 21.7. The van der Waals surface area contributed by atoms with Gasteiger partial charge in [-0.2, -0.15) is 9.97 Å². The molecule has 2 atom stereocenters. The van der Waals surface area contributed by atoms with Crippen molar-refractivity contribution in [1.29, 1.82) is 0 Å². The number of hydrogen-bond donors (Lipinski definition) is 2. The maximum absolute atomic E-state index is 6.10. The van der Waals surface area contributed by atoms with E-state index in [0.29, 0.717) is 18.6 Å². The molecule has 6 rings (SSSR count). The monoisotopic (exact) mass is 469 g/mol. The third-order valence-corrected chi connectivity index (χ3v) is 7.05. The lowest BCUT2D eigenvalue weighted by atomic mass is 10.0. The number of nitrogens with one attached hydrogen (secondary N) is 2. The molecule has 2 fully saturated rings. The van der Waals surface area contributed by atoms with Gasteiger partial charge in [0.1, 0.15) is 5.65 Å². The highest BCUT2D eigenvalue weighted by Crippen LogP contribution is 2.37. The minimum absolute atomic E-state index is 0.111. The molecule has 8 nitrogen and oxygen atoms in total. The lowest BCUT2D eigenvalue weighted by Gasteiger charge is -2.25. The van der Waals surface area contributed by atoms with E-state index in [1.165, 1.54) is 17.7 Å². The molecule has 2 N–H and O–H groups in total. The van der Waals surface area contributed by atoms with Gasteiger partial charge in [-0.25, -0.2) is 5.06 Å². The van der Waals surface area contributed by atoms with E-state index >= 15 is 0 Å². The van der Waals surface area contributed by atoms with Gasteiger partial charge in [-0.1, -0.05) is 36.4 Å². The van der Waals surface area contributed by atoms with E-state index in [9.17, 15) is 0 Å². The minimum atomic E-state index is 0.111. The number of fused-ring (bicyclic) bond motifs is 1. The van der Waals surface area contributed by atoms with Crippen molar-refractivity contribution in [2.24, 2.45) is 0 Å². The summed E-state index contributed by atoms with van der Waals surface area (Å²) in [6.45, 7) is 2.76. The summed E-state index contributed by atoms with van der Waals surface area (Å²) in [5, 5.41) is 6.33. The number of hydrogen-bond acceptors (Lipinski definition) is 7. The van der Waals surface area contributed by atoms with E-state index in [0.717, 1.165) is 42.0 Å². The Bertz CT molecular complexity index is 1310. The molecule has 0 amide bonds. The molecule has 2 aromatic heterocycles. The summed E-state index contributed by atoms with van der Waals surface area (Å²) < 4.78 is 0. The maximum atomic E-state index is 6.10. The quantitative estimate of drug-likeness (QED) is 0.423. The molecule has 0 spiro atoms. The highest BCUT2D eigenvalue weighted by molar-refractivity contribution is 5.88. The number of benzene rings is 2. The Morgan fingerprint density at radius 2 is 1.91 bits per heavy atom. The molecule has 8 heteroatoms. The van der Waals surface area contributed by atoms with Crippen molar-refractivity contribution >= 4 is 34.2 Å². The van der Waals surface area contributed by atoms with Gasteiger partial charge in [0.15, 0.2) is 5.82 Å². The third-order valence-electron chi connectivity index (χ3n) is 7.05. The summed E-state index contributed by atoms with van der Waals surface area (Å²) in [7, 11) is 4.31. The zero-order chi connectivity index (χ0) is 23.8. The van der Waals surface area contributed by atoms with Crippen LogP contribution in [0.15, 0.2) is 66.9 Å². The van der Waals surface area contributed by atoms with Crippen LogP contribution in [0.2, 0.25) is 0 Å². The van der Waals surface area contributed by atoms with Crippen molar-refractivity contribution in [3.8, 4) is 0 Å². The number of rotatable bonds is 6. The maximum Gasteiger partial charge on any atom is 0.231 e. The minimum Gasteiger partial charge on any atom is -0.370 e. The Labute approximate surface area is 205 Å². The number of aromatic nitrogens is 3. The van der Waals surface area contributed by atoms with Crippen LogP contribution in [-0.4, -0.2) is 59.7 Å². The van der Waals surface area contributed by atoms with Crippen LogP contribution in [-0.2, 0) is 4.84 Å². The lowest BCUT2D eigenvalue weighted by molar-refractivity contribution is 0.157. The van der Waals surface area contributed by atoms with Crippen molar-refractivity contribution in [1.82, 2.24) is 19.9 Å². The highest BCUT2D eigenvalue weighted by Gasteiger charge is 2.31. The molecule has 4 heterocycles. The van der Waals surface area contributed by atoms with E-state index in [1.807, 2.05) is 23.4 Å². The second kappa shape index (κ2) is 9.20. The van der Waals surface area contributed by atoms with E-state index in [4.69, 9.17) is 14.8 Å². The molecule has 2 aromatic carbocycles. The molecular weight excluding hydrogens is 438 g/mol. The Balaban J connectivity index is 1.29. The van der Waals surface area contributed by atoms with Gasteiger partial charge in [-0.05, 0) is 50.3 Å². The van der Waals surface area contributed by atoms with Crippen LogP contribution in [0.25, 0.3) is 11.0 Å². The number of likely N-dealkylation sites (N-methyl/N-ethyl adjacent to an activating group) is 1. The molecule has 0 unspecified atom stereocenters. The van der Waals surface area contributed by atoms with Gasteiger partial charge < -0.3 is 20.1 Å². The van der Waals surface area contributed by atoms with Crippen LogP contribution in [0.3, 0.4) is 0 Å². The van der Waals surface area contributed by atoms with Crippen molar-refractivity contribution in [3.63, 3.8) is 0 Å². The molecule has 2 aliphatic rings. The third kappa shape index (κ3) is 4.31. The van der Waals surface area contributed by atoms with Gasteiger partial charge in [0.05, 0.1) is 18.0 Å². The number of H-pyrrole nitrogens is 1. The fourth-order valence-electron chi connectivity index (χ4n) is 5.11. The first kappa shape index (κ1) is 21.9. The van der Waals surface area contributed by atoms with E-state index in [2.05, 4.69) is 82.7 Å². The topological polar surface area (TPSA) is 72.6 Å². The molecule has 2 aliphatic heterocycles. The van der Waals surface area contributed by atoms with Gasteiger partial charge >= 0.3 is 0 Å². The van der Waals surface area contributed by atoms with Crippen LogP contribution in [0.5, 0.6) is 0 Å². The number of anilines is 4. The molecule has 0 aliphatic carbocycles. The van der Waals surface area contributed by atoms with Gasteiger partial charge in [0.2, 0.25) is 5.95 Å². The number of nitrogens with zero attached hydrogens (tertiary/aromatic N) is 5. The second-order valence-electron chi connectivity index (χ2n) is 9.51. The zero-order valence-electron chi connectivity index (χ0n) is 20.2. The highest BCUT2D eigenvalue weighted by atomic mass is 16.7. The Morgan fingerprint density at radius 1 is 1.03 bits per heavy atom. The first-order chi connectivity index (χ1) is 17.2. The van der Waals surface area contributed by atoms with Gasteiger partial charge in [0, 0.05) is 43.1 Å². The molecule has 0 saturated carbocycles. The smallest absolute Gasteiger partial charge is 0.231 e. The zero-order valence-corrected chi connectivity index (χ0v) is 20.2. The van der Waals surface area contributed by atoms with Crippen LogP contribution in [0.4, 0.5) is 23.1 Å². The van der Waals surface area contributed by atoms with E-state index in [1.54, 1.807) is 0 Å². The van der Waals surface area contributed by atoms with Crippen molar-refractivity contribution in [2.75, 3.05) is 49.1 Å². The lowest BCUT2D eigenvalue weighted by Crippen LogP contribution is -2.31. The molecule has 4 aromatic rings. The van der Waals surface area contributed by atoms with E-state index < -0.39 is 0 Å². The SMILES string of the molecule is CN(C)[C@H]1CCN(c2cccc(Nc3nc(N4OCC[C@@H]4c4ccccc4)c4cc[nH]c4n3)c2)C1. The van der Waals surface area contributed by atoms with Gasteiger partial charge in [-0.15, -0.1) is 0 Å². The molecule has 0 bridgehead atoms. The van der Waals surface area contributed by atoms with Crippen LogP contribution in [0, 0.1) is 0 Å². The first-order valence-corrected chi connectivity index (χ1v) is 12.3. The van der Waals surface area contributed by atoms with Gasteiger partial charge in [-0.3, -0.25) is 4.84 Å². The summed E-state index contributed by atoms with van der Waals surface area (Å²) in [5.74, 6) is 1.32. The van der Waals surface area contributed by atoms with Crippen molar-refractivity contribution < 1.29 is 4.84 Å². The van der Waals surface area contributed by atoms with Crippen LogP contribution < -0.4 is 15.3 Å².